The van der Waals surface area contributed by atoms with E-state index in [1.165, 1.54) is 23.1 Å². The fourth-order valence-electron chi connectivity index (χ4n) is 2.26. The summed E-state index contributed by atoms with van der Waals surface area (Å²) in [6.07, 6.45) is 2.27. The highest BCUT2D eigenvalue weighted by molar-refractivity contribution is 8.01. The van der Waals surface area contributed by atoms with E-state index in [1.807, 2.05) is 30.3 Å². The van der Waals surface area contributed by atoms with E-state index in [2.05, 4.69) is 10.4 Å². The van der Waals surface area contributed by atoms with Gasteiger partial charge in [-0.05, 0) is 37.2 Å². The minimum atomic E-state index is -0.00196. The molecule has 1 aromatic carbocycles. The summed E-state index contributed by atoms with van der Waals surface area (Å²) in [6.45, 7) is 1.39. The number of nitrogens with zero attached hydrogens (tertiary/aromatic N) is 2. The van der Waals surface area contributed by atoms with Gasteiger partial charge in [0.2, 0.25) is 5.91 Å². The number of nitrogens with one attached hydrogen (secondary N) is 1. The van der Waals surface area contributed by atoms with Gasteiger partial charge in [0.1, 0.15) is 0 Å². The van der Waals surface area contributed by atoms with Crippen LogP contribution in [0.4, 0.5) is 0 Å². The minimum absolute atomic E-state index is 0.00196. The van der Waals surface area contributed by atoms with E-state index in [4.69, 9.17) is 17.0 Å². The second-order valence-electron chi connectivity index (χ2n) is 5.11. The topological polar surface area (TPSA) is 56.2 Å². The number of amides is 1. The van der Waals surface area contributed by atoms with E-state index < -0.39 is 0 Å². The summed E-state index contributed by atoms with van der Waals surface area (Å²) in [4.78, 5) is 11.9. The van der Waals surface area contributed by atoms with Crippen molar-refractivity contribution in [3.8, 4) is 5.69 Å². The molecule has 0 radical (unpaired) electrons. The van der Waals surface area contributed by atoms with E-state index in [0.29, 0.717) is 16.3 Å². The number of carbonyl (C=O) groups is 1. The summed E-state index contributed by atoms with van der Waals surface area (Å²) in [5, 5.41) is 7.39. The van der Waals surface area contributed by atoms with Crippen LogP contribution in [-0.4, -0.2) is 40.7 Å². The van der Waals surface area contributed by atoms with E-state index in [1.54, 1.807) is 4.68 Å². The molecule has 1 aliphatic heterocycles. The van der Waals surface area contributed by atoms with Crippen LogP contribution in [0, 0.1) is 3.95 Å². The molecule has 1 N–H and O–H groups in total. The summed E-state index contributed by atoms with van der Waals surface area (Å²) >= 11 is 8.17. The molecule has 23 heavy (non-hydrogen) atoms. The first-order valence-electron chi connectivity index (χ1n) is 7.39. The second kappa shape index (κ2) is 8.05. The third-order valence-electron chi connectivity index (χ3n) is 3.41. The number of hydrogen-bond donors (Lipinski definition) is 1. The van der Waals surface area contributed by atoms with Crippen LogP contribution in [0.2, 0.25) is 0 Å². The highest BCUT2D eigenvalue weighted by Gasteiger charge is 2.16. The summed E-state index contributed by atoms with van der Waals surface area (Å²) in [7, 11) is 0. The lowest BCUT2D eigenvalue weighted by Crippen LogP contribution is -2.32. The van der Waals surface area contributed by atoms with Gasteiger partial charge in [-0.15, -0.1) is 5.10 Å². The quantitative estimate of drug-likeness (QED) is 0.628. The third-order valence-corrected chi connectivity index (χ3v) is 5.77. The average molecular weight is 368 g/mol. The largest absolute Gasteiger partial charge is 0.376 e. The molecule has 1 aromatic heterocycles. The van der Waals surface area contributed by atoms with Crippen molar-refractivity contribution in [3.05, 3.63) is 34.3 Å². The maximum Gasteiger partial charge on any atom is 0.230 e. The molecule has 0 saturated carbocycles. The molecule has 1 fully saturated rings. The van der Waals surface area contributed by atoms with Crippen LogP contribution < -0.4 is 5.32 Å². The zero-order valence-electron chi connectivity index (χ0n) is 12.4. The minimum Gasteiger partial charge on any atom is -0.376 e. The average Bonchev–Trinajstić information content (AvgIpc) is 3.21. The number of para-hydroxylation sites is 1. The molecule has 1 aliphatic rings. The number of carbonyl (C=O) groups excluding carboxylic acids is 1. The summed E-state index contributed by atoms with van der Waals surface area (Å²) in [5.41, 5.74) is 0.934. The van der Waals surface area contributed by atoms with E-state index >= 15 is 0 Å². The van der Waals surface area contributed by atoms with Crippen LogP contribution in [0.1, 0.15) is 12.8 Å². The van der Waals surface area contributed by atoms with Crippen LogP contribution in [0.5, 0.6) is 0 Å². The van der Waals surface area contributed by atoms with Gasteiger partial charge in [0.25, 0.3) is 0 Å². The molecule has 2 heterocycles. The van der Waals surface area contributed by atoms with Crippen molar-refractivity contribution in [2.75, 3.05) is 18.9 Å². The Morgan fingerprint density at radius 1 is 1.48 bits per heavy atom. The van der Waals surface area contributed by atoms with Gasteiger partial charge >= 0.3 is 0 Å². The van der Waals surface area contributed by atoms with E-state index in [0.717, 1.165) is 29.5 Å². The van der Waals surface area contributed by atoms with Crippen LogP contribution in [0.3, 0.4) is 0 Å². The Labute approximate surface area is 148 Å². The molecule has 1 amide bonds. The molecule has 3 rings (SSSR count). The Balaban J connectivity index is 1.52. The lowest BCUT2D eigenvalue weighted by atomic mass is 10.2. The molecule has 0 spiro atoms. The molecule has 0 aliphatic carbocycles. The van der Waals surface area contributed by atoms with Crippen LogP contribution in [-0.2, 0) is 9.53 Å². The van der Waals surface area contributed by atoms with E-state index in [9.17, 15) is 4.79 Å². The number of hydrogen-bond acceptors (Lipinski definition) is 6. The van der Waals surface area contributed by atoms with Gasteiger partial charge in [0, 0.05) is 13.2 Å². The molecule has 1 saturated heterocycles. The maximum atomic E-state index is 11.9. The zero-order chi connectivity index (χ0) is 16.1. The highest BCUT2D eigenvalue weighted by Crippen LogP contribution is 2.23. The Bertz CT molecular complexity index is 708. The smallest absolute Gasteiger partial charge is 0.230 e. The molecule has 5 nitrogen and oxygen atoms in total. The fourth-order valence-corrected chi connectivity index (χ4v) is 4.45. The SMILES string of the molecule is O=C(CSc1nn(-c2ccccc2)c(=S)s1)NC[C@@H]1CCCO1. The molecule has 1 atom stereocenters. The fraction of sp³-hybridized carbons (Fsp3) is 0.400. The van der Waals surface area contributed by atoms with Crippen molar-refractivity contribution < 1.29 is 9.53 Å². The van der Waals surface area contributed by atoms with Crippen molar-refractivity contribution in [2.45, 2.75) is 23.3 Å². The Morgan fingerprint density at radius 3 is 3.04 bits per heavy atom. The Kier molecular flexibility index (Phi) is 5.82. The monoisotopic (exact) mass is 367 g/mol. The van der Waals surface area contributed by atoms with Gasteiger partial charge in [-0.3, -0.25) is 4.79 Å². The summed E-state index contributed by atoms with van der Waals surface area (Å²) in [6, 6.07) is 9.76. The van der Waals surface area contributed by atoms with Gasteiger partial charge < -0.3 is 10.1 Å². The van der Waals surface area contributed by atoms with Gasteiger partial charge in [-0.2, -0.15) is 0 Å². The van der Waals surface area contributed by atoms with Gasteiger partial charge in [-0.1, -0.05) is 41.3 Å². The molecular formula is C15H17N3O2S3. The summed E-state index contributed by atoms with van der Waals surface area (Å²) in [5.74, 6) is 0.335. The first-order chi connectivity index (χ1) is 11.2. The Morgan fingerprint density at radius 2 is 2.30 bits per heavy atom. The number of aromatic nitrogens is 2. The normalized spacial score (nSPS) is 17.3. The van der Waals surface area contributed by atoms with Crippen molar-refractivity contribution in [1.29, 1.82) is 0 Å². The number of rotatable bonds is 6. The van der Waals surface area contributed by atoms with Crippen molar-refractivity contribution >= 4 is 41.2 Å². The molecular weight excluding hydrogens is 350 g/mol. The van der Waals surface area contributed by atoms with Crippen molar-refractivity contribution in [1.82, 2.24) is 15.1 Å². The third kappa shape index (κ3) is 4.63. The lowest BCUT2D eigenvalue weighted by molar-refractivity contribution is -0.119. The van der Waals surface area contributed by atoms with Gasteiger partial charge in [0.15, 0.2) is 8.29 Å². The van der Waals surface area contributed by atoms with Crippen molar-refractivity contribution in [3.63, 3.8) is 0 Å². The highest BCUT2D eigenvalue weighted by atomic mass is 32.2. The first kappa shape index (κ1) is 16.6. The number of thioether (sulfide) groups is 1. The van der Waals surface area contributed by atoms with Gasteiger partial charge in [-0.25, -0.2) is 4.68 Å². The second-order valence-corrected chi connectivity index (χ2v) is 7.95. The predicted molar refractivity (Wildman–Crippen MR) is 95.0 cm³/mol. The van der Waals surface area contributed by atoms with E-state index in [-0.39, 0.29) is 12.0 Å². The van der Waals surface area contributed by atoms with Crippen LogP contribution >= 0.6 is 35.3 Å². The Hall–Kier alpha value is -1.22. The lowest BCUT2D eigenvalue weighted by Gasteiger charge is -2.09. The summed E-state index contributed by atoms with van der Waals surface area (Å²) < 4.78 is 8.69. The molecule has 0 unspecified atom stereocenters. The van der Waals surface area contributed by atoms with Gasteiger partial charge in [0.05, 0.1) is 17.5 Å². The van der Waals surface area contributed by atoms with Crippen LogP contribution in [0.25, 0.3) is 5.69 Å². The predicted octanol–water partition coefficient (Wildman–Crippen LogP) is 3.05. The standard InChI is InChI=1S/C15H17N3O2S3/c19-13(16-9-12-7-4-8-20-12)10-22-14-17-18(15(21)23-14)11-5-2-1-3-6-11/h1-3,5-6,12H,4,7-10H2,(H,16,19)/t12-/m0/s1. The van der Waals surface area contributed by atoms with Crippen molar-refractivity contribution in [2.24, 2.45) is 0 Å². The molecule has 122 valence electrons. The molecule has 8 heteroatoms. The molecule has 0 bridgehead atoms. The number of ether oxygens (including phenoxy) is 1. The van der Waals surface area contributed by atoms with Crippen LogP contribution in [0.15, 0.2) is 34.7 Å². The zero-order valence-corrected chi connectivity index (χ0v) is 14.9. The number of benzene rings is 1. The molecule has 2 aromatic rings. The maximum absolute atomic E-state index is 11.9. The first-order valence-corrected chi connectivity index (χ1v) is 9.60.